The van der Waals surface area contributed by atoms with Crippen molar-refractivity contribution < 1.29 is 9.47 Å². The molecule has 0 aliphatic carbocycles. The van der Waals surface area contributed by atoms with Crippen LogP contribution in [-0.2, 0) is 22.6 Å². The van der Waals surface area contributed by atoms with Gasteiger partial charge < -0.3 is 24.3 Å². The second-order valence-corrected chi connectivity index (χ2v) is 5.87. The van der Waals surface area contributed by atoms with Gasteiger partial charge in [-0.25, -0.2) is 4.99 Å². The second-order valence-electron chi connectivity index (χ2n) is 5.87. The molecule has 1 saturated heterocycles. The third kappa shape index (κ3) is 7.06. The molecule has 0 amide bonds. The van der Waals surface area contributed by atoms with Gasteiger partial charge in [-0.1, -0.05) is 0 Å². The minimum absolute atomic E-state index is 0. The average molecular weight is 466 g/mol. The lowest BCUT2D eigenvalue weighted by molar-refractivity contribution is 0.0536. The van der Waals surface area contributed by atoms with E-state index in [0.717, 1.165) is 51.0 Å². The lowest BCUT2D eigenvalue weighted by atomic mass is 10.1. The van der Waals surface area contributed by atoms with Gasteiger partial charge in [0.1, 0.15) is 12.9 Å². The van der Waals surface area contributed by atoms with Crippen molar-refractivity contribution in [2.45, 2.75) is 33.4 Å². The van der Waals surface area contributed by atoms with Crippen molar-refractivity contribution in [2.75, 3.05) is 46.6 Å². The molecule has 9 heteroatoms. The van der Waals surface area contributed by atoms with E-state index in [9.17, 15) is 0 Å². The van der Waals surface area contributed by atoms with Crippen molar-refractivity contribution in [3.05, 3.63) is 12.2 Å². The minimum Gasteiger partial charge on any atom is -0.382 e. The Labute approximate surface area is 167 Å². The smallest absolute Gasteiger partial charge is 0.194 e. The molecule has 1 aliphatic heterocycles. The molecule has 1 N–H and O–H groups in total. The minimum atomic E-state index is 0. The fourth-order valence-corrected chi connectivity index (χ4v) is 2.79. The lowest BCUT2D eigenvalue weighted by Crippen LogP contribution is -2.40. The Bertz CT molecular complexity index is 511. The van der Waals surface area contributed by atoms with Crippen LogP contribution in [0, 0.1) is 5.92 Å². The highest BCUT2D eigenvalue weighted by Crippen LogP contribution is 2.17. The molecule has 0 radical (unpaired) electrons. The zero-order valence-electron chi connectivity index (χ0n) is 15.5. The van der Waals surface area contributed by atoms with Crippen LogP contribution in [0.3, 0.4) is 0 Å². The summed E-state index contributed by atoms with van der Waals surface area (Å²) in [6.07, 6.45) is 2.88. The molecule has 0 saturated carbocycles. The van der Waals surface area contributed by atoms with Crippen LogP contribution in [0.15, 0.2) is 11.3 Å². The maximum Gasteiger partial charge on any atom is 0.194 e. The summed E-state index contributed by atoms with van der Waals surface area (Å²) >= 11 is 0. The van der Waals surface area contributed by atoms with E-state index in [1.54, 1.807) is 13.4 Å². The summed E-state index contributed by atoms with van der Waals surface area (Å²) in [5.74, 6) is 2.39. The normalized spacial score (nSPS) is 17.6. The average Bonchev–Trinajstić information content (AvgIpc) is 3.24. The molecule has 0 spiro atoms. The molecule has 1 aromatic heterocycles. The highest BCUT2D eigenvalue weighted by Gasteiger charge is 2.25. The van der Waals surface area contributed by atoms with Gasteiger partial charge >= 0.3 is 0 Å². The molecule has 0 bridgehead atoms. The van der Waals surface area contributed by atoms with E-state index < -0.39 is 0 Å². The third-order valence-corrected chi connectivity index (χ3v) is 4.11. The van der Waals surface area contributed by atoms with Gasteiger partial charge in [0.15, 0.2) is 11.8 Å². The van der Waals surface area contributed by atoms with E-state index in [4.69, 9.17) is 14.5 Å². The highest BCUT2D eigenvalue weighted by molar-refractivity contribution is 14.0. The van der Waals surface area contributed by atoms with E-state index in [1.165, 1.54) is 0 Å². The Morgan fingerprint density at radius 2 is 2.24 bits per heavy atom. The van der Waals surface area contributed by atoms with Gasteiger partial charge in [0.05, 0.1) is 19.8 Å². The summed E-state index contributed by atoms with van der Waals surface area (Å²) < 4.78 is 12.7. The molecule has 8 nitrogen and oxygen atoms in total. The lowest BCUT2D eigenvalue weighted by Gasteiger charge is -2.21. The first-order valence-corrected chi connectivity index (χ1v) is 8.75. The number of guanidine groups is 1. The van der Waals surface area contributed by atoms with E-state index in [1.807, 2.05) is 4.57 Å². The molecule has 25 heavy (non-hydrogen) atoms. The van der Waals surface area contributed by atoms with Gasteiger partial charge in [0.2, 0.25) is 0 Å². The topological polar surface area (TPSA) is 76.8 Å². The van der Waals surface area contributed by atoms with Crippen LogP contribution in [0.4, 0.5) is 0 Å². The van der Waals surface area contributed by atoms with Gasteiger partial charge in [-0.3, -0.25) is 0 Å². The van der Waals surface area contributed by atoms with Crippen LogP contribution in [0.2, 0.25) is 0 Å². The van der Waals surface area contributed by atoms with Crippen LogP contribution < -0.4 is 5.32 Å². The SMILES string of the molecule is CCNC(=NCc1nncn1CC)N1CCC(COCCOC)C1.I. The van der Waals surface area contributed by atoms with Crippen molar-refractivity contribution in [3.8, 4) is 0 Å². The summed E-state index contributed by atoms with van der Waals surface area (Å²) in [5.41, 5.74) is 0. The van der Waals surface area contributed by atoms with Crippen LogP contribution in [0.5, 0.6) is 0 Å². The number of halogens is 1. The van der Waals surface area contributed by atoms with Crippen LogP contribution in [0.25, 0.3) is 0 Å². The van der Waals surface area contributed by atoms with Gasteiger partial charge in [-0.2, -0.15) is 0 Å². The van der Waals surface area contributed by atoms with E-state index >= 15 is 0 Å². The number of ether oxygens (including phenoxy) is 2. The van der Waals surface area contributed by atoms with Gasteiger partial charge in [-0.05, 0) is 20.3 Å². The molecule has 1 unspecified atom stereocenters. The second kappa shape index (κ2) is 12.4. The largest absolute Gasteiger partial charge is 0.382 e. The molecule has 144 valence electrons. The zero-order valence-corrected chi connectivity index (χ0v) is 17.8. The van der Waals surface area contributed by atoms with Gasteiger partial charge in [0, 0.05) is 39.2 Å². The summed E-state index contributed by atoms with van der Waals surface area (Å²) in [6, 6.07) is 0. The van der Waals surface area contributed by atoms with Crippen molar-refractivity contribution >= 4 is 29.9 Å². The summed E-state index contributed by atoms with van der Waals surface area (Å²) in [7, 11) is 1.69. The molecular formula is C16H31IN6O2. The number of rotatable bonds is 9. The maximum atomic E-state index is 5.66. The first-order chi connectivity index (χ1) is 11.8. The van der Waals surface area contributed by atoms with Crippen LogP contribution >= 0.6 is 24.0 Å². The van der Waals surface area contributed by atoms with E-state index in [2.05, 4.69) is 34.3 Å². The molecular weight excluding hydrogens is 435 g/mol. The number of methoxy groups -OCH3 is 1. The fourth-order valence-electron chi connectivity index (χ4n) is 2.79. The van der Waals surface area contributed by atoms with Crippen LogP contribution in [-0.4, -0.2) is 72.2 Å². The maximum absolute atomic E-state index is 5.66. The quantitative estimate of drug-likeness (QED) is 0.257. The molecule has 2 heterocycles. The van der Waals surface area contributed by atoms with Crippen molar-refractivity contribution in [1.82, 2.24) is 25.0 Å². The summed E-state index contributed by atoms with van der Waals surface area (Å²) in [5, 5.41) is 11.5. The number of aliphatic imine (C=N–C) groups is 1. The Morgan fingerprint density at radius 1 is 1.40 bits per heavy atom. The monoisotopic (exact) mass is 466 g/mol. The van der Waals surface area contributed by atoms with Gasteiger partial charge in [0.25, 0.3) is 0 Å². The Kier molecular flexibility index (Phi) is 11.0. The Balaban J connectivity index is 0.00000312. The third-order valence-electron chi connectivity index (χ3n) is 4.11. The molecule has 0 aromatic carbocycles. The number of nitrogens with zero attached hydrogens (tertiary/aromatic N) is 5. The predicted molar refractivity (Wildman–Crippen MR) is 108 cm³/mol. The predicted octanol–water partition coefficient (Wildman–Crippen LogP) is 1.37. The fraction of sp³-hybridized carbons (Fsp3) is 0.812. The molecule has 1 aliphatic rings. The molecule has 2 rings (SSSR count). The standard InChI is InChI=1S/C16H30N6O2.HI/c1-4-17-16(18-10-15-20-19-13-21(15)5-2)22-7-6-14(11-22)12-24-9-8-23-3;/h13-14H,4-12H2,1-3H3,(H,17,18);1H. The summed E-state index contributed by atoms with van der Waals surface area (Å²) in [4.78, 5) is 7.04. The first kappa shape index (κ1) is 22.1. The Hall–Kier alpha value is -0.940. The Morgan fingerprint density at radius 3 is 2.96 bits per heavy atom. The van der Waals surface area contributed by atoms with E-state index in [0.29, 0.717) is 25.7 Å². The van der Waals surface area contributed by atoms with Crippen molar-refractivity contribution in [2.24, 2.45) is 10.9 Å². The highest BCUT2D eigenvalue weighted by atomic mass is 127. The number of likely N-dealkylation sites (tertiary alicyclic amines) is 1. The number of aromatic nitrogens is 3. The summed E-state index contributed by atoms with van der Waals surface area (Å²) in [6.45, 7) is 10.5. The number of nitrogens with one attached hydrogen (secondary N) is 1. The van der Waals surface area contributed by atoms with E-state index in [-0.39, 0.29) is 24.0 Å². The van der Waals surface area contributed by atoms with Crippen molar-refractivity contribution in [1.29, 1.82) is 0 Å². The number of hydrogen-bond donors (Lipinski definition) is 1. The first-order valence-electron chi connectivity index (χ1n) is 8.75. The van der Waals surface area contributed by atoms with Crippen molar-refractivity contribution in [3.63, 3.8) is 0 Å². The zero-order chi connectivity index (χ0) is 17.2. The number of hydrogen-bond acceptors (Lipinski definition) is 5. The molecule has 1 aromatic rings. The molecule has 1 atom stereocenters. The van der Waals surface area contributed by atoms with Crippen LogP contribution in [0.1, 0.15) is 26.1 Å². The van der Waals surface area contributed by atoms with Gasteiger partial charge in [-0.15, -0.1) is 34.2 Å². The number of aryl methyl sites for hydroxylation is 1. The molecule has 1 fully saturated rings.